The third kappa shape index (κ3) is 4.42. The molecule has 0 atom stereocenters. The van der Waals surface area contributed by atoms with Gasteiger partial charge < -0.3 is 15.0 Å². The maximum Gasteiger partial charge on any atom is 0.341 e. The summed E-state index contributed by atoms with van der Waals surface area (Å²) in [5, 5.41) is 13.9. The highest BCUT2D eigenvalue weighted by molar-refractivity contribution is 7.18. The van der Waals surface area contributed by atoms with Gasteiger partial charge in [-0.3, -0.25) is 9.59 Å². The van der Waals surface area contributed by atoms with E-state index in [-0.39, 0.29) is 22.0 Å². The molecule has 7 nitrogen and oxygen atoms in total. The Morgan fingerprint density at radius 2 is 2.04 bits per heavy atom. The highest BCUT2D eigenvalue weighted by Gasteiger charge is 2.27. The zero-order valence-electron chi connectivity index (χ0n) is 15.2. The number of anilines is 1. The van der Waals surface area contributed by atoms with E-state index in [4.69, 9.17) is 4.74 Å². The van der Waals surface area contributed by atoms with Crippen LogP contribution in [0.15, 0.2) is 23.1 Å². The summed E-state index contributed by atoms with van der Waals surface area (Å²) in [6, 6.07) is 5.44. The smallest absolute Gasteiger partial charge is 0.341 e. The molecule has 0 bridgehead atoms. The molecule has 140 valence electrons. The van der Waals surface area contributed by atoms with E-state index in [1.807, 2.05) is 11.4 Å². The summed E-state index contributed by atoms with van der Waals surface area (Å²) in [5.41, 5.74) is 0.413. The van der Waals surface area contributed by atoms with Crippen LogP contribution in [0.3, 0.4) is 0 Å². The molecule has 0 saturated heterocycles. The molecule has 2 rings (SSSR count). The lowest BCUT2D eigenvalue weighted by atomic mass is 10.1. The van der Waals surface area contributed by atoms with Crippen LogP contribution in [0.25, 0.3) is 6.08 Å². The number of carbonyl (C=O) groups is 3. The Labute approximate surface area is 164 Å². The minimum Gasteiger partial charge on any atom is -0.465 e. The van der Waals surface area contributed by atoms with Gasteiger partial charge in [0.15, 0.2) is 0 Å². The molecule has 0 aliphatic carbocycles. The number of rotatable bonds is 5. The van der Waals surface area contributed by atoms with Crippen LogP contribution >= 0.6 is 22.7 Å². The van der Waals surface area contributed by atoms with Crippen LogP contribution in [-0.4, -0.2) is 43.9 Å². The van der Waals surface area contributed by atoms with Gasteiger partial charge in [0.2, 0.25) is 0 Å². The first-order valence-electron chi connectivity index (χ1n) is 7.70. The Hall–Kier alpha value is -2.96. The maximum atomic E-state index is 12.5. The Bertz CT molecular complexity index is 950. The third-order valence-corrected chi connectivity index (χ3v) is 5.57. The highest BCUT2D eigenvalue weighted by atomic mass is 32.1. The minimum absolute atomic E-state index is 0.106. The number of amides is 2. The van der Waals surface area contributed by atoms with Crippen molar-refractivity contribution >= 4 is 51.5 Å². The Morgan fingerprint density at radius 3 is 2.56 bits per heavy atom. The summed E-state index contributed by atoms with van der Waals surface area (Å²) < 4.78 is 4.78. The molecule has 27 heavy (non-hydrogen) atoms. The third-order valence-electron chi connectivity index (χ3n) is 3.56. The fourth-order valence-electron chi connectivity index (χ4n) is 2.19. The van der Waals surface area contributed by atoms with Crippen LogP contribution in [0, 0.1) is 18.3 Å². The number of ether oxygens (including phenoxy) is 1. The summed E-state index contributed by atoms with van der Waals surface area (Å²) in [6.45, 7) is 1.61. The van der Waals surface area contributed by atoms with Crippen molar-refractivity contribution < 1.29 is 19.1 Å². The molecule has 0 radical (unpaired) electrons. The van der Waals surface area contributed by atoms with Crippen molar-refractivity contribution in [2.24, 2.45) is 0 Å². The van der Waals surface area contributed by atoms with Gasteiger partial charge in [-0.1, -0.05) is 6.07 Å². The molecule has 0 spiro atoms. The molecule has 0 fully saturated rings. The predicted octanol–water partition coefficient (Wildman–Crippen LogP) is 3.15. The first kappa shape index (κ1) is 20.4. The van der Waals surface area contributed by atoms with Gasteiger partial charge in [-0.25, -0.2) is 4.79 Å². The lowest BCUT2D eigenvalue weighted by molar-refractivity contribution is -0.112. The molecule has 2 aromatic heterocycles. The second-order valence-electron chi connectivity index (χ2n) is 5.59. The number of thiophene rings is 2. The Morgan fingerprint density at radius 1 is 1.33 bits per heavy atom. The van der Waals surface area contributed by atoms with Crippen LogP contribution in [0.2, 0.25) is 0 Å². The number of hydrogen-bond donors (Lipinski definition) is 1. The van der Waals surface area contributed by atoms with Gasteiger partial charge in [-0.2, -0.15) is 5.26 Å². The van der Waals surface area contributed by atoms with E-state index in [1.54, 1.807) is 33.2 Å². The zero-order valence-corrected chi connectivity index (χ0v) is 16.8. The van der Waals surface area contributed by atoms with Gasteiger partial charge in [-0.15, -0.1) is 22.7 Å². The molecule has 1 N–H and O–H groups in total. The quantitative estimate of drug-likeness (QED) is 0.470. The maximum absolute atomic E-state index is 12.5. The number of carbonyl (C=O) groups excluding carboxylic acids is 3. The van der Waals surface area contributed by atoms with Crippen molar-refractivity contribution in [3.63, 3.8) is 0 Å². The average molecular weight is 403 g/mol. The van der Waals surface area contributed by atoms with Gasteiger partial charge in [0.05, 0.1) is 17.6 Å². The van der Waals surface area contributed by atoms with Gasteiger partial charge in [-0.05, 0) is 30.0 Å². The molecule has 0 unspecified atom stereocenters. The first-order chi connectivity index (χ1) is 12.8. The van der Waals surface area contributed by atoms with E-state index in [1.165, 1.54) is 29.4 Å². The number of esters is 1. The molecule has 9 heteroatoms. The molecular weight excluding hydrogens is 386 g/mol. The van der Waals surface area contributed by atoms with Gasteiger partial charge in [0.25, 0.3) is 11.8 Å². The number of nitriles is 1. The number of nitrogens with one attached hydrogen (secondary N) is 1. The predicted molar refractivity (Wildman–Crippen MR) is 105 cm³/mol. The van der Waals surface area contributed by atoms with Crippen LogP contribution < -0.4 is 5.32 Å². The fraction of sp³-hybridized carbons (Fsp3) is 0.222. The van der Waals surface area contributed by atoms with E-state index in [9.17, 15) is 19.6 Å². The summed E-state index contributed by atoms with van der Waals surface area (Å²) in [7, 11) is 4.40. The second kappa shape index (κ2) is 8.62. The molecule has 2 heterocycles. The Kier molecular flexibility index (Phi) is 6.50. The normalized spacial score (nSPS) is 10.9. The van der Waals surface area contributed by atoms with Gasteiger partial charge in [0, 0.05) is 19.0 Å². The topological polar surface area (TPSA) is 99.5 Å². The van der Waals surface area contributed by atoms with Gasteiger partial charge >= 0.3 is 5.97 Å². The summed E-state index contributed by atoms with van der Waals surface area (Å²) >= 11 is 2.36. The minimum atomic E-state index is -0.669. The van der Waals surface area contributed by atoms with Crippen molar-refractivity contribution in [1.29, 1.82) is 5.26 Å². The zero-order chi connectivity index (χ0) is 20.1. The van der Waals surface area contributed by atoms with E-state index in [0.717, 1.165) is 16.2 Å². The van der Waals surface area contributed by atoms with Crippen molar-refractivity contribution in [2.75, 3.05) is 26.5 Å². The van der Waals surface area contributed by atoms with E-state index in [2.05, 4.69) is 5.32 Å². The summed E-state index contributed by atoms with van der Waals surface area (Å²) in [4.78, 5) is 39.5. The molecule has 0 aliphatic heterocycles. The first-order valence-corrected chi connectivity index (χ1v) is 9.39. The molecule has 0 saturated carbocycles. The number of nitrogens with zero attached hydrogens (tertiary/aromatic N) is 2. The van der Waals surface area contributed by atoms with Crippen molar-refractivity contribution in [1.82, 2.24) is 4.90 Å². The summed E-state index contributed by atoms with van der Waals surface area (Å²) in [5.74, 6) is -1.63. The highest BCUT2D eigenvalue weighted by Crippen LogP contribution is 2.34. The molecule has 2 aromatic rings. The van der Waals surface area contributed by atoms with Gasteiger partial charge in [0.1, 0.15) is 16.6 Å². The van der Waals surface area contributed by atoms with Crippen molar-refractivity contribution in [2.45, 2.75) is 6.92 Å². The SMILES string of the molecule is COC(=O)c1c(NC(=O)C(C#N)=Cc2cccs2)sc(C(=O)N(C)C)c1C. The van der Waals surface area contributed by atoms with Crippen LogP contribution in [-0.2, 0) is 9.53 Å². The average Bonchev–Trinajstić information content (AvgIpc) is 3.26. The van der Waals surface area contributed by atoms with E-state index >= 15 is 0 Å². The van der Waals surface area contributed by atoms with E-state index in [0.29, 0.717) is 10.4 Å². The van der Waals surface area contributed by atoms with Crippen LogP contribution in [0.4, 0.5) is 5.00 Å². The number of hydrogen-bond acceptors (Lipinski definition) is 7. The van der Waals surface area contributed by atoms with Crippen molar-refractivity contribution in [3.8, 4) is 6.07 Å². The lowest BCUT2D eigenvalue weighted by Gasteiger charge is -2.08. The van der Waals surface area contributed by atoms with Crippen molar-refractivity contribution in [3.05, 3.63) is 44.0 Å². The Balaban J connectivity index is 2.43. The van der Waals surface area contributed by atoms with Crippen LogP contribution in [0.1, 0.15) is 30.5 Å². The standard InChI is InChI=1S/C18H17N3O4S2/c1-10-13(18(24)25-4)16(27-14(10)17(23)21(2)3)20-15(22)11(9-19)8-12-6-5-7-26-12/h5-8H,1-4H3,(H,20,22). The van der Waals surface area contributed by atoms with Crippen LogP contribution in [0.5, 0.6) is 0 Å². The molecular formula is C18H17N3O4S2. The fourth-order valence-corrected chi connectivity index (χ4v) is 4.06. The second-order valence-corrected chi connectivity index (χ2v) is 7.59. The lowest BCUT2D eigenvalue weighted by Crippen LogP contribution is -2.21. The summed E-state index contributed by atoms with van der Waals surface area (Å²) in [6.07, 6.45) is 1.46. The molecule has 0 aromatic carbocycles. The largest absolute Gasteiger partial charge is 0.465 e. The number of methoxy groups -OCH3 is 1. The molecule has 2 amide bonds. The molecule has 0 aliphatic rings. The monoisotopic (exact) mass is 403 g/mol. The van der Waals surface area contributed by atoms with E-state index < -0.39 is 11.9 Å².